The van der Waals surface area contributed by atoms with Crippen LogP contribution in [0.15, 0.2) is 24.3 Å². The predicted molar refractivity (Wildman–Crippen MR) is 92.8 cm³/mol. The molecule has 120 valence electrons. The molecule has 23 heavy (non-hydrogen) atoms. The van der Waals surface area contributed by atoms with Crippen LogP contribution < -0.4 is 5.73 Å². The van der Waals surface area contributed by atoms with Gasteiger partial charge in [-0.1, -0.05) is 23.7 Å². The Bertz CT molecular complexity index is 775. The zero-order valence-electron chi connectivity index (χ0n) is 12.8. The average Bonchev–Trinajstić information content (AvgIpc) is 3.03. The zero-order chi connectivity index (χ0) is 16.1. The maximum atomic E-state index is 13.1. The van der Waals surface area contributed by atoms with Gasteiger partial charge in [0, 0.05) is 24.2 Å². The summed E-state index contributed by atoms with van der Waals surface area (Å²) >= 11 is 7.64. The summed E-state index contributed by atoms with van der Waals surface area (Å²) in [6.07, 6.45) is 1.21. The molecule has 0 radical (unpaired) electrons. The van der Waals surface area contributed by atoms with Gasteiger partial charge in [-0.3, -0.25) is 4.79 Å². The largest absolute Gasteiger partial charge is 0.332 e. The first kappa shape index (κ1) is 15.1. The van der Waals surface area contributed by atoms with Crippen LogP contribution in [0.5, 0.6) is 0 Å². The molecular formula is C17H18ClN3OS. The standard InChI is InChI=1S/C17H18ClN3OS/c1-9-20-15(16(23-9)10-3-2-4-12(18)5-10)17(22)21-8-11-6-13(11)14(21)7-19/h2-5,11,13-14H,6-8,19H2,1H3/t11-,13-,14+/m0/s1. The zero-order valence-corrected chi connectivity index (χ0v) is 14.4. The fourth-order valence-corrected chi connectivity index (χ4v) is 4.74. The summed E-state index contributed by atoms with van der Waals surface area (Å²) in [6, 6.07) is 7.75. The van der Waals surface area contributed by atoms with Crippen molar-refractivity contribution in [3.8, 4) is 10.4 Å². The van der Waals surface area contributed by atoms with Crippen molar-refractivity contribution in [2.24, 2.45) is 17.6 Å². The highest BCUT2D eigenvalue weighted by Crippen LogP contribution is 2.49. The summed E-state index contributed by atoms with van der Waals surface area (Å²) in [5.74, 6) is 1.24. The third-order valence-corrected chi connectivity index (χ3v) is 6.08. The van der Waals surface area contributed by atoms with Crippen LogP contribution in [0.2, 0.25) is 5.02 Å². The second-order valence-corrected chi connectivity index (χ2v) is 7.98. The lowest BCUT2D eigenvalue weighted by atomic mass is 10.1. The third kappa shape index (κ3) is 2.57. The molecule has 2 fully saturated rings. The average molecular weight is 348 g/mol. The van der Waals surface area contributed by atoms with Crippen LogP contribution in [0.1, 0.15) is 21.9 Å². The van der Waals surface area contributed by atoms with E-state index in [-0.39, 0.29) is 11.9 Å². The Morgan fingerprint density at radius 2 is 2.35 bits per heavy atom. The van der Waals surface area contributed by atoms with E-state index < -0.39 is 0 Å². The Morgan fingerprint density at radius 1 is 1.52 bits per heavy atom. The van der Waals surface area contributed by atoms with Crippen molar-refractivity contribution in [2.45, 2.75) is 19.4 Å². The van der Waals surface area contributed by atoms with Gasteiger partial charge >= 0.3 is 0 Å². The molecule has 1 aromatic heterocycles. The topological polar surface area (TPSA) is 59.2 Å². The molecule has 0 bridgehead atoms. The van der Waals surface area contributed by atoms with E-state index >= 15 is 0 Å². The van der Waals surface area contributed by atoms with Gasteiger partial charge in [-0.05, 0) is 42.9 Å². The summed E-state index contributed by atoms with van der Waals surface area (Å²) in [6.45, 7) is 3.27. The number of nitrogens with two attached hydrogens (primary N) is 1. The number of amides is 1. The molecule has 6 heteroatoms. The number of aromatic nitrogens is 1. The van der Waals surface area contributed by atoms with Gasteiger partial charge in [-0.25, -0.2) is 4.98 Å². The van der Waals surface area contributed by atoms with E-state index in [4.69, 9.17) is 17.3 Å². The number of carbonyl (C=O) groups is 1. The number of aryl methyl sites for hydroxylation is 1. The molecule has 1 aromatic carbocycles. The van der Waals surface area contributed by atoms with E-state index in [1.165, 1.54) is 17.8 Å². The molecule has 2 N–H and O–H groups in total. The number of fused-ring (bicyclic) bond motifs is 1. The van der Waals surface area contributed by atoms with Gasteiger partial charge in [0.05, 0.1) is 9.88 Å². The molecule has 2 aliphatic rings. The Hall–Kier alpha value is -1.43. The molecule has 4 rings (SSSR count). The van der Waals surface area contributed by atoms with Gasteiger partial charge in [-0.15, -0.1) is 11.3 Å². The van der Waals surface area contributed by atoms with E-state index in [1.54, 1.807) is 0 Å². The molecule has 1 saturated heterocycles. The fraction of sp³-hybridized carbons (Fsp3) is 0.412. The third-order valence-electron chi connectivity index (χ3n) is 4.83. The van der Waals surface area contributed by atoms with Crippen molar-refractivity contribution in [3.63, 3.8) is 0 Å². The van der Waals surface area contributed by atoms with Gasteiger partial charge in [0.2, 0.25) is 0 Å². The Morgan fingerprint density at radius 3 is 3.09 bits per heavy atom. The minimum Gasteiger partial charge on any atom is -0.332 e. The molecule has 1 amide bonds. The van der Waals surface area contributed by atoms with Crippen LogP contribution >= 0.6 is 22.9 Å². The van der Waals surface area contributed by atoms with Crippen LogP contribution in [0.25, 0.3) is 10.4 Å². The number of likely N-dealkylation sites (tertiary alicyclic amines) is 1. The maximum absolute atomic E-state index is 13.1. The number of thiazole rings is 1. The number of carbonyl (C=O) groups excluding carboxylic acids is 1. The van der Waals surface area contributed by atoms with Gasteiger partial charge < -0.3 is 10.6 Å². The fourth-order valence-electron chi connectivity index (χ4n) is 3.64. The lowest BCUT2D eigenvalue weighted by molar-refractivity contribution is 0.0708. The van der Waals surface area contributed by atoms with Crippen LogP contribution in [0.4, 0.5) is 0 Å². The Kier molecular flexibility index (Phi) is 3.67. The quantitative estimate of drug-likeness (QED) is 0.927. The van der Waals surface area contributed by atoms with E-state index in [0.29, 0.717) is 29.1 Å². The van der Waals surface area contributed by atoms with E-state index in [9.17, 15) is 4.79 Å². The van der Waals surface area contributed by atoms with Gasteiger partial charge in [0.15, 0.2) is 0 Å². The summed E-state index contributed by atoms with van der Waals surface area (Å²) < 4.78 is 0. The lowest BCUT2D eigenvalue weighted by Crippen LogP contribution is -2.43. The SMILES string of the molecule is Cc1nc(C(=O)N2C[C@@H]3C[C@@H]3[C@H]2CN)c(-c2cccc(Cl)c2)s1. The molecular weight excluding hydrogens is 330 g/mol. The van der Waals surface area contributed by atoms with Crippen molar-refractivity contribution in [1.82, 2.24) is 9.88 Å². The number of hydrogen-bond acceptors (Lipinski definition) is 4. The van der Waals surface area contributed by atoms with E-state index in [2.05, 4.69) is 4.98 Å². The van der Waals surface area contributed by atoms with Crippen molar-refractivity contribution >= 4 is 28.8 Å². The normalized spacial score (nSPS) is 25.5. The molecule has 3 atom stereocenters. The number of nitrogens with zero attached hydrogens (tertiary/aromatic N) is 2. The summed E-state index contributed by atoms with van der Waals surface area (Å²) in [5, 5.41) is 1.55. The summed E-state index contributed by atoms with van der Waals surface area (Å²) in [4.78, 5) is 20.4. The molecule has 0 spiro atoms. The van der Waals surface area contributed by atoms with Crippen LogP contribution in [-0.2, 0) is 0 Å². The van der Waals surface area contributed by atoms with E-state index in [0.717, 1.165) is 22.0 Å². The number of hydrogen-bond donors (Lipinski definition) is 1. The van der Waals surface area contributed by atoms with Crippen molar-refractivity contribution < 1.29 is 4.79 Å². The number of benzene rings is 1. The van der Waals surface area contributed by atoms with Gasteiger partial charge in [0.1, 0.15) is 5.69 Å². The minimum absolute atomic E-state index is 0.00646. The maximum Gasteiger partial charge on any atom is 0.274 e. The molecule has 2 aromatic rings. The summed E-state index contributed by atoms with van der Waals surface area (Å²) in [7, 11) is 0. The number of halogens is 1. The molecule has 4 nitrogen and oxygen atoms in total. The first-order valence-corrected chi connectivity index (χ1v) is 9.02. The predicted octanol–water partition coefficient (Wildman–Crippen LogP) is 3.19. The summed E-state index contributed by atoms with van der Waals surface area (Å²) in [5.41, 5.74) is 7.38. The highest BCUT2D eigenvalue weighted by atomic mass is 35.5. The number of rotatable bonds is 3. The molecule has 1 saturated carbocycles. The van der Waals surface area contributed by atoms with Gasteiger partial charge in [0.25, 0.3) is 5.91 Å². The Labute approximate surface area is 144 Å². The molecule has 2 heterocycles. The van der Waals surface area contributed by atoms with Crippen LogP contribution in [-0.4, -0.2) is 34.9 Å². The molecule has 1 aliphatic heterocycles. The van der Waals surface area contributed by atoms with Gasteiger partial charge in [-0.2, -0.15) is 0 Å². The second kappa shape index (κ2) is 5.58. The first-order chi connectivity index (χ1) is 11.1. The monoisotopic (exact) mass is 347 g/mol. The second-order valence-electron chi connectivity index (χ2n) is 6.34. The molecule has 1 aliphatic carbocycles. The van der Waals surface area contributed by atoms with Crippen LogP contribution in [0.3, 0.4) is 0 Å². The minimum atomic E-state index is 0.00646. The molecule has 0 unspecified atom stereocenters. The van der Waals surface area contributed by atoms with Crippen molar-refractivity contribution in [2.75, 3.05) is 13.1 Å². The van der Waals surface area contributed by atoms with E-state index in [1.807, 2.05) is 36.1 Å². The highest BCUT2D eigenvalue weighted by molar-refractivity contribution is 7.15. The Balaban J connectivity index is 1.70. The highest BCUT2D eigenvalue weighted by Gasteiger charge is 2.53. The smallest absolute Gasteiger partial charge is 0.274 e. The lowest BCUT2D eigenvalue weighted by Gasteiger charge is -2.26. The van der Waals surface area contributed by atoms with Crippen molar-refractivity contribution in [1.29, 1.82) is 0 Å². The number of piperidine rings is 1. The first-order valence-electron chi connectivity index (χ1n) is 7.83. The van der Waals surface area contributed by atoms with Crippen molar-refractivity contribution in [3.05, 3.63) is 40.0 Å². The van der Waals surface area contributed by atoms with Crippen LogP contribution in [0, 0.1) is 18.8 Å².